The molecule has 1 unspecified atom stereocenters. The molecule has 8 heteroatoms. The summed E-state index contributed by atoms with van der Waals surface area (Å²) >= 11 is 0. The first-order valence-electron chi connectivity index (χ1n) is 7.53. The summed E-state index contributed by atoms with van der Waals surface area (Å²) in [7, 11) is -3.18. The minimum Gasteiger partial charge on any atom is -0.335 e. The third-order valence-corrected chi connectivity index (χ3v) is 5.67. The number of amides is 1. The average molecular weight is 334 g/mol. The number of aromatic nitrogens is 3. The molecule has 3 rings (SSSR count). The van der Waals surface area contributed by atoms with Crippen LogP contribution in [0.15, 0.2) is 24.3 Å². The topological polar surface area (TPSA) is 93.1 Å². The number of carbonyl (C=O) groups is 1. The van der Waals surface area contributed by atoms with Crippen LogP contribution in [0.5, 0.6) is 0 Å². The van der Waals surface area contributed by atoms with E-state index < -0.39 is 15.1 Å². The molecule has 1 saturated heterocycles. The maximum atomic E-state index is 12.6. The van der Waals surface area contributed by atoms with E-state index in [1.54, 1.807) is 12.1 Å². The summed E-state index contributed by atoms with van der Waals surface area (Å²) in [5.41, 5.74) is 1.22. The summed E-state index contributed by atoms with van der Waals surface area (Å²) < 4.78 is 23.7. The lowest BCUT2D eigenvalue weighted by Gasteiger charge is -2.22. The van der Waals surface area contributed by atoms with Gasteiger partial charge in [0.2, 0.25) is 5.82 Å². The summed E-state index contributed by atoms with van der Waals surface area (Å²) in [5, 5.41) is 7.38. The van der Waals surface area contributed by atoms with E-state index in [0.717, 1.165) is 12.8 Å². The highest BCUT2D eigenvalue weighted by molar-refractivity contribution is 7.91. The number of hydrogen-bond donors (Lipinski definition) is 0. The number of sulfone groups is 1. The quantitative estimate of drug-likeness (QED) is 0.815. The van der Waals surface area contributed by atoms with E-state index in [4.69, 9.17) is 0 Å². The molecule has 0 N–H and O–H groups in total. The molecular formula is C15H18N4O3S. The SMILES string of the molecule is CS(=O)(=O)C1CCCCN(C(=O)c2nnc3ccccc3n2)C1. The second-order valence-electron chi connectivity index (χ2n) is 5.82. The lowest BCUT2D eigenvalue weighted by molar-refractivity contribution is 0.0749. The maximum absolute atomic E-state index is 12.6. The van der Waals surface area contributed by atoms with Gasteiger partial charge in [-0.05, 0) is 25.0 Å². The van der Waals surface area contributed by atoms with Gasteiger partial charge in [-0.1, -0.05) is 18.6 Å². The van der Waals surface area contributed by atoms with Gasteiger partial charge >= 0.3 is 0 Å². The minimum absolute atomic E-state index is 0.0119. The molecule has 1 aromatic heterocycles. The van der Waals surface area contributed by atoms with Crippen LogP contribution in [-0.4, -0.2) is 59.0 Å². The molecule has 23 heavy (non-hydrogen) atoms. The zero-order valence-corrected chi connectivity index (χ0v) is 13.7. The summed E-state index contributed by atoms with van der Waals surface area (Å²) in [4.78, 5) is 18.4. The Morgan fingerprint density at radius 2 is 1.91 bits per heavy atom. The Morgan fingerprint density at radius 3 is 2.65 bits per heavy atom. The van der Waals surface area contributed by atoms with Gasteiger partial charge in [-0.15, -0.1) is 10.2 Å². The van der Waals surface area contributed by atoms with Gasteiger partial charge in [0.25, 0.3) is 5.91 Å². The summed E-state index contributed by atoms with van der Waals surface area (Å²) in [6, 6.07) is 7.18. The molecule has 1 fully saturated rings. The van der Waals surface area contributed by atoms with E-state index in [9.17, 15) is 13.2 Å². The predicted octanol–water partition coefficient (Wildman–Crippen LogP) is 1.06. The van der Waals surface area contributed by atoms with Gasteiger partial charge in [0.1, 0.15) is 5.52 Å². The van der Waals surface area contributed by atoms with Crippen molar-refractivity contribution in [3.63, 3.8) is 0 Å². The highest BCUT2D eigenvalue weighted by Crippen LogP contribution is 2.18. The number of hydrogen-bond acceptors (Lipinski definition) is 6. The number of likely N-dealkylation sites (tertiary alicyclic amines) is 1. The number of benzene rings is 1. The Morgan fingerprint density at radius 1 is 1.17 bits per heavy atom. The van der Waals surface area contributed by atoms with Crippen LogP contribution in [0.1, 0.15) is 29.9 Å². The largest absolute Gasteiger partial charge is 0.335 e. The van der Waals surface area contributed by atoms with Gasteiger partial charge in [-0.25, -0.2) is 13.4 Å². The molecule has 1 aliphatic heterocycles. The van der Waals surface area contributed by atoms with Crippen LogP contribution in [0.25, 0.3) is 11.0 Å². The van der Waals surface area contributed by atoms with Gasteiger partial charge in [0, 0.05) is 19.3 Å². The first kappa shape index (κ1) is 15.8. The van der Waals surface area contributed by atoms with E-state index >= 15 is 0 Å². The van der Waals surface area contributed by atoms with Crippen LogP contribution < -0.4 is 0 Å². The predicted molar refractivity (Wildman–Crippen MR) is 85.7 cm³/mol. The van der Waals surface area contributed by atoms with Crippen molar-refractivity contribution in [1.29, 1.82) is 0 Å². The van der Waals surface area contributed by atoms with Gasteiger partial charge in [0.05, 0.1) is 10.8 Å². The van der Waals surface area contributed by atoms with Crippen LogP contribution >= 0.6 is 0 Å². The van der Waals surface area contributed by atoms with Crippen molar-refractivity contribution in [2.45, 2.75) is 24.5 Å². The molecule has 0 bridgehead atoms. The Bertz CT molecular complexity index is 837. The fourth-order valence-corrected chi connectivity index (χ4v) is 3.80. The van der Waals surface area contributed by atoms with Crippen LogP contribution in [0, 0.1) is 0 Å². The highest BCUT2D eigenvalue weighted by atomic mass is 32.2. The van der Waals surface area contributed by atoms with Crippen LogP contribution in [0.3, 0.4) is 0 Å². The molecule has 122 valence electrons. The Kier molecular flexibility index (Phi) is 4.25. The van der Waals surface area contributed by atoms with Crippen molar-refractivity contribution in [3.8, 4) is 0 Å². The van der Waals surface area contributed by atoms with Gasteiger partial charge < -0.3 is 4.90 Å². The standard InChI is InChI=1S/C15H18N4O3S/c1-23(21,22)11-6-4-5-9-19(10-11)15(20)14-16-12-7-2-3-8-13(12)17-18-14/h2-3,7-8,11H,4-6,9-10H2,1H3. The minimum atomic E-state index is -3.18. The maximum Gasteiger partial charge on any atom is 0.293 e. The molecule has 0 aliphatic carbocycles. The zero-order valence-electron chi connectivity index (χ0n) is 12.8. The fraction of sp³-hybridized carbons (Fsp3) is 0.467. The number of fused-ring (bicyclic) bond motifs is 1. The molecule has 2 aromatic rings. The Balaban J connectivity index is 1.87. The Hall–Kier alpha value is -2.09. The van der Waals surface area contributed by atoms with Crippen LogP contribution in [0.4, 0.5) is 0 Å². The van der Waals surface area contributed by atoms with Crippen LogP contribution in [-0.2, 0) is 9.84 Å². The molecule has 1 aromatic carbocycles. The second kappa shape index (κ2) is 6.19. The molecule has 0 spiro atoms. The first-order chi connectivity index (χ1) is 10.9. The van der Waals surface area contributed by atoms with E-state index in [1.165, 1.54) is 11.2 Å². The summed E-state index contributed by atoms with van der Waals surface area (Å²) in [5.74, 6) is -0.350. The van der Waals surface area contributed by atoms with Crippen molar-refractivity contribution in [2.75, 3.05) is 19.3 Å². The number of nitrogens with zero attached hydrogens (tertiary/aromatic N) is 4. The third-order valence-electron chi connectivity index (χ3n) is 4.07. The monoisotopic (exact) mass is 334 g/mol. The molecule has 1 aliphatic rings. The summed E-state index contributed by atoms with van der Waals surface area (Å²) in [6.07, 6.45) is 3.37. The highest BCUT2D eigenvalue weighted by Gasteiger charge is 2.30. The number of rotatable bonds is 2. The van der Waals surface area contributed by atoms with Crippen molar-refractivity contribution in [3.05, 3.63) is 30.1 Å². The van der Waals surface area contributed by atoms with Crippen molar-refractivity contribution in [2.24, 2.45) is 0 Å². The van der Waals surface area contributed by atoms with Crippen molar-refractivity contribution >= 4 is 26.8 Å². The van der Waals surface area contributed by atoms with E-state index in [2.05, 4.69) is 15.2 Å². The Labute approximate surface area is 134 Å². The number of para-hydroxylation sites is 1. The molecule has 2 heterocycles. The fourth-order valence-electron chi connectivity index (χ4n) is 2.75. The van der Waals surface area contributed by atoms with E-state index in [-0.39, 0.29) is 18.3 Å². The average Bonchev–Trinajstić information content (AvgIpc) is 2.79. The van der Waals surface area contributed by atoms with Gasteiger partial charge in [-0.3, -0.25) is 4.79 Å². The zero-order chi connectivity index (χ0) is 16.4. The number of carbonyl (C=O) groups excluding carboxylic acids is 1. The van der Waals surface area contributed by atoms with Crippen molar-refractivity contribution < 1.29 is 13.2 Å². The van der Waals surface area contributed by atoms with Crippen molar-refractivity contribution in [1.82, 2.24) is 20.1 Å². The lowest BCUT2D eigenvalue weighted by Crippen LogP contribution is -2.40. The molecule has 1 atom stereocenters. The molecule has 1 amide bonds. The van der Waals surface area contributed by atoms with E-state index in [0.29, 0.717) is 24.0 Å². The lowest BCUT2D eigenvalue weighted by atomic mass is 10.2. The normalized spacial score (nSPS) is 19.5. The van der Waals surface area contributed by atoms with Gasteiger partial charge in [0.15, 0.2) is 9.84 Å². The first-order valence-corrected chi connectivity index (χ1v) is 9.48. The molecule has 0 radical (unpaired) electrons. The van der Waals surface area contributed by atoms with Crippen LogP contribution in [0.2, 0.25) is 0 Å². The van der Waals surface area contributed by atoms with E-state index in [1.807, 2.05) is 12.1 Å². The molecule has 7 nitrogen and oxygen atoms in total. The second-order valence-corrected chi connectivity index (χ2v) is 8.15. The van der Waals surface area contributed by atoms with Gasteiger partial charge in [-0.2, -0.15) is 0 Å². The summed E-state index contributed by atoms with van der Waals surface area (Å²) in [6.45, 7) is 0.703. The molecular weight excluding hydrogens is 316 g/mol. The smallest absolute Gasteiger partial charge is 0.293 e. The molecule has 0 saturated carbocycles. The third kappa shape index (κ3) is 3.47.